The maximum absolute atomic E-state index is 13.7. The number of hydrogen-bond acceptors (Lipinski definition) is 3. The van der Waals surface area contributed by atoms with Gasteiger partial charge in [0, 0.05) is 11.3 Å². The fraction of sp³-hybridized carbons (Fsp3) is 0.0952. The molecule has 0 aliphatic heterocycles. The summed E-state index contributed by atoms with van der Waals surface area (Å²) in [6.45, 7) is 3.24. The molecule has 0 unspecified atom stereocenters. The van der Waals surface area contributed by atoms with E-state index in [1.54, 1.807) is 50.2 Å². The minimum absolute atomic E-state index is 0.00898. The Balaban J connectivity index is 1.88. The van der Waals surface area contributed by atoms with Crippen LogP contribution in [0.25, 0.3) is 0 Å². The average molecular weight is 433 g/mol. The van der Waals surface area contributed by atoms with E-state index in [2.05, 4.69) is 10.0 Å². The van der Waals surface area contributed by atoms with Gasteiger partial charge < -0.3 is 5.32 Å². The molecule has 0 aromatic heterocycles. The third-order valence-electron chi connectivity index (χ3n) is 4.29. The molecule has 2 N–H and O–H groups in total. The van der Waals surface area contributed by atoms with E-state index in [1.165, 1.54) is 18.2 Å². The van der Waals surface area contributed by atoms with Gasteiger partial charge in [0.2, 0.25) is 0 Å². The van der Waals surface area contributed by atoms with Crippen LogP contribution in [0.5, 0.6) is 0 Å². The topological polar surface area (TPSA) is 75.3 Å². The third-order valence-corrected chi connectivity index (χ3v) is 6.12. The summed E-state index contributed by atoms with van der Waals surface area (Å²) < 4.78 is 41.8. The number of para-hydroxylation sites is 1. The SMILES string of the molecule is Cc1ccc(C(=O)Nc2ccc(C)c(S(=O)(=O)Nc3ccccc3Cl)c2)cc1F. The zero-order valence-electron chi connectivity index (χ0n) is 15.7. The summed E-state index contributed by atoms with van der Waals surface area (Å²) in [5, 5.41) is 2.86. The summed E-state index contributed by atoms with van der Waals surface area (Å²) in [6, 6.07) is 15.1. The summed E-state index contributed by atoms with van der Waals surface area (Å²) in [4.78, 5) is 12.4. The highest BCUT2D eigenvalue weighted by atomic mass is 35.5. The largest absolute Gasteiger partial charge is 0.322 e. The molecular weight excluding hydrogens is 415 g/mol. The lowest BCUT2D eigenvalue weighted by atomic mass is 10.1. The summed E-state index contributed by atoms with van der Waals surface area (Å²) in [6.07, 6.45) is 0. The molecule has 150 valence electrons. The molecule has 0 bridgehead atoms. The normalized spacial score (nSPS) is 11.2. The standard InChI is InChI=1S/C21H18ClFN2O3S/c1-13-7-9-15(11-18(13)23)21(26)24-16-10-8-14(2)20(12-16)29(27,28)25-19-6-4-3-5-17(19)22/h3-12,25H,1-2H3,(H,24,26). The van der Waals surface area contributed by atoms with Crippen molar-refractivity contribution in [3.8, 4) is 0 Å². The van der Waals surface area contributed by atoms with Crippen molar-refractivity contribution in [2.45, 2.75) is 18.7 Å². The van der Waals surface area contributed by atoms with Gasteiger partial charge in [0.15, 0.2) is 0 Å². The maximum Gasteiger partial charge on any atom is 0.262 e. The van der Waals surface area contributed by atoms with Crippen LogP contribution in [-0.4, -0.2) is 14.3 Å². The number of aryl methyl sites for hydroxylation is 2. The summed E-state index contributed by atoms with van der Waals surface area (Å²) in [5.74, 6) is -1.04. The number of halogens is 2. The minimum atomic E-state index is -3.95. The van der Waals surface area contributed by atoms with Gasteiger partial charge >= 0.3 is 0 Å². The molecule has 5 nitrogen and oxygen atoms in total. The highest BCUT2D eigenvalue weighted by Crippen LogP contribution is 2.27. The molecule has 0 aliphatic rings. The number of amides is 1. The molecular formula is C21H18ClFN2O3S. The lowest BCUT2D eigenvalue weighted by Crippen LogP contribution is -2.16. The van der Waals surface area contributed by atoms with E-state index in [9.17, 15) is 17.6 Å². The third kappa shape index (κ3) is 4.75. The summed E-state index contributed by atoms with van der Waals surface area (Å²) >= 11 is 6.03. The highest BCUT2D eigenvalue weighted by Gasteiger charge is 2.19. The van der Waals surface area contributed by atoms with Gasteiger partial charge in [-0.05, 0) is 61.4 Å². The van der Waals surface area contributed by atoms with Crippen molar-refractivity contribution in [2.24, 2.45) is 0 Å². The molecule has 1 amide bonds. The van der Waals surface area contributed by atoms with Crippen molar-refractivity contribution in [3.05, 3.63) is 88.2 Å². The molecule has 8 heteroatoms. The Bertz CT molecular complexity index is 1200. The first-order chi connectivity index (χ1) is 13.7. The summed E-state index contributed by atoms with van der Waals surface area (Å²) in [7, 11) is -3.95. The maximum atomic E-state index is 13.7. The lowest BCUT2D eigenvalue weighted by Gasteiger charge is -2.13. The fourth-order valence-electron chi connectivity index (χ4n) is 2.65. The van der Waals surface area contributed by atoms with Gasteiger partial charge in [-0.2, -0.15) is 0 Å². The number of nitrogens with one attached hydrogen (secondary N) is 2. The smallest absolute Gasteiger partial charge is 0.262 e. The van der Waals surface area contributed by atoms with Crippen LogP contribution < -0.4 is 10.0 Å². The number of benzene rings is 3. The second-order valence-corrected chi connectivity index (χ2v) is 8.54. The monoisotopic (exact) mass is 432 g/mol. The van der Waals surface area contributed by atoms with Crippen molar-refractivity contribution >= 4 is 38.9 Å². The summed E-state index contributed by atoms with van der Waals surface area (Å²) in [5.41, 5.74) is 1.56. The van der Waals surface area contributed by atoms with Gasteiger partial charge in [-0.1, -0.05) is 35.9 Å². The number of sulfonamides is 1. The van der Waals surface area contributed by atoms with E-state index in [1.807, 2.05) is 0 Å². The van der Waals surface area contributed by atoms with Crippen LogP contribution in [0, 0.1) is 19.7 Å². The van der Waals surface area contributed by atoms with Crippen molar-refractivity contribution in [1.29, 1.82) is 0 Å². The van der Waals surface area contributed by atoms with Crippen molar-refractivity contribution in [3.63, 3.8) is 0 Å². The second kappa shape index (κ2) is 8.23. The van der Waals surface area contributed by atoms with Gasteiger partial charge in [0.1, 0.15) is 5.82 Å². The zero-order valence-corrected chi connectivity index (χ0v) is 17.2. The lowest BCUT2D eigenvalue weighted by molar-refractivity contribution is 0.102. The predicted octanol–water partition coefficient (Wildman–Crippen LogP) is 5.15. The molecule has 0 saturated heterocycles. The molecule has 0 radical (unpaired) electrons. The molecule has 0 spiro atoms. The van der Waals surface area contributed by atoms with Crippen molar-refractivity contribution in [2.75, 3.05) is 10.0 Å². The first-order valence-corrected chi connectivity index (χ1v) is 10.5. The first kappa shape index (κ1) is 20.8. The second-order valence-electron chi connectivity index (χ2n) is 6.48. The van der Waals surface area contributed by atoms with Crippen LogP contribution in [0.4, 0.5) is 15.8 Å². The fourth-order valence-corrected chi connectivity index (χ4v) is 4.24. The molecule has 0 heterocycles. The van der Waals surface area contributed by atoms with Gasteiger partial charge in [0.05, 0.1) is 15.6 Å². The van der Waals surface area contributed by atoms with Crippen LogP contribution in [-0.2, 0) is 10.0 Å². The van der Waals surface area contributed by atoms with Crippen LogP contribution >= 0.6 is 11.6 Å². The number of hydrogen-bond donors (Lipinski definition) is 2. The van der Waals surface area contributed by atoms with E-state index in [0.29, 0.717) is 11.1 Å². The van der Waals surface area contributed by atoms with E-state index >= 15 is 0 Å². The molecule has 0 fully saturated rings. The molecule has 3 rings (SSSR count). The zero-order chi connectivity index (χ0) is 21.2. The molecule has 3 aromatic carbocycles. The van der Waals surface area contributed by atoms with E-state index in [0.717, 1.165) is 6.07 Å². The van der Waals surface area contributed by atoms with Crippen molar-refractivity contribution in [1.82, 2.24) is 0 Å². The van der Waals surface area contributed by atoms with Gasteiger partial charge in [-0.3, -0.25) is 9.52 Å². The Morgan fingerprint density at radius 2 is 1.66 bits per heavy atom. The Morgan fingerprint density at radius 3 is 2.34 bits per heavy atom. The van der Waals surface area contributed by atoms with Crippen LogP contribution in [0.15, 0.2) is 65.6 Å². The van der Waals surface area contributed by atoms with Crippen LogP contribution in [0.3, 0.4) is 0 Å². The molecule has 3 aromatic rings. The Hall–Kier alpha value is -2.90. The molecule has 29 heavy (non-hydrogen) atoms. The number of rotatable bonds is 5. The number of carbonyl (C=O) groups excluding carboxylic acids is 1. The molecule has 0 saturated carbocycles. The Labute approximate surface area is 173 Å². The number of anilines is 2. The quantitative estimate of drug-likeness (QED) is 0.585. The highest BCUT2D eigenvalue weighted by molar-refractivity contribution is 7.92. The van der Waals surface area contributed by atoms with E-state index in [4.69, 9.17) is 11.6 Å². The van der Waals surface area contributed by atoms with E-state index in [-0.39, 0.29) is 26.9 Å². The Kier molecular flexibility index (Phi) is 5.91. The molecule has 0 atom stereocenters. The predicted molar refractivity (Wildman–Crippen MR) is 113 cm³/mol. The van der Waals surface area contributed by atoms with Crippen molar-refractivity contribution < 1.29 is 17.6 Å². The minimum Gasteiger partial charge on any atom is -0.322 e. The molecule has 0 aliphatic carbocycles. The van der Waals surface area contributed by atoms with Gasteiger partial charge in [-0.25, -0.2) is 12.8 Å². The van der Waals surface area contributed by atoms with Gasteiger partial charge in [0.25, 0.3) is 15.9 Å². The van der Waals surface area contributed by atoms with Crippen LogP contribution in [0.1, 0.15) is 21.5 Å². The Morgan fingerprint density at radius 1 is 0.966 bits per heavy atom. The van der Waals surface area contributed by atoms with Gasteiger partial charge in [-0.15, -0.1) is 0 Å². The van der Waals surface area contributed by atoms with E-state index < -0.39 is 21.7 Å². The van der Waals surface area contributed by atoms with Crippen LogP contribution in [0.2, 0.25) is 5.02 Å². The number of carbonyl (C=O) groups is 1. The first-order valence-electron chi connectivity index (χ1n) is 8.63. The average Bonchev–Trinajstić information content (AvgIpc) is 2.67.